The summed E-state index contributed by atoms with van der Waals surface area (Å²) in [5.41, 5.74) is 3.52. The Kier molecular flexibility index (Phi) is 3.83. The highest BCUT2D eigenvalue weighted by molar-refractivity contribution is 6.04. The molecule has 108 valence electrons. The molecule has 0 fully saturated rings. The van der Waals surface area contributed by atoms with E-state index in [0.717, 1.165) is 11.3 Å². The molecule has 6 heteroatoms. The molecule has 0 atom stereocenters. The van der Waals surface area contributed by atoms with Crippen LogP contribution in [0.15, 0.2) is 23.3 Å². The third kappa shape index (κ3) is 3.01. The first-order valence-electron chi connectivity index (χ1n) is 6.23. The van der Waals surface area contributed by atoms with Crippen molar-refractivity contribution in [1.82, 2.24) is 5.43 Å². The summed E-state index contributed by atoms with van der Waals surface area (Å²) >= 11 is 0. The van der Waals surface area contributed by atoms with Crippen molar-refractivity contribution in [3.05, 3.63) is 23.8 Å². The molecule has 0 saturated heterocycles. The first-order valence-corrected chi connectivity index (χ1v) is 6.23. The van der Waals surface area contributed by atoms with Crippen molar-refractivity contribution in [2.45, 2.75) is 25.9 Å². The van der Waals surface area contributed by atoms with E-state index in [4.69, 9.17) is 9.47 Å². The maximum atomic E-state index is 11.1. The van der Waals surface area contributed by atoms with E-state index in [9.17, 15) is 4.79 Å². The van der Waals surface area contributed by atoms with Gasteiger partial charge in [0.15, 0.2) is 0 Å². The van der Waals surface area contributed by atoms with Gasteiger partial charge in [0.25, 0.3) is 0 Å². The van der Waals surface area contributed by atoms with Crippen LogP contribution >= 0.6 is 0 Å². The maximum absolute atomic E-state index is 11.1. The third-order valence-electron chi connectivity index (χ3n) is 2.95. The van der Waals surface area contributed by atoms with Gasteiger partial charge >= 0.3 is 6.09 Å². The van der Waals surface area contributed by atoms with Crippen molar-refractivity contribution in [2.75, 3.05) is 14.2 Å². The molecule has 0 spiro atoms. The topological polar surface area (TPSA) is 69.2 Å². The molecule has 1 aliphatic heterocycles. The fourth-order valence-electron chi connectivity index (χ4n) is 2.04. The van der Waals surface area contributed by atoms with Crippen molar-refractivity contribution in [2.24, 2.45) is 5.10 Å². The molecule has 1 aromatic rings. The molecule has 1 N–H and O–H groups in total. The fraction of sp³-hybridized carbons (Fsp3) is 0.429. The zero-order valence-corrected chi connectivity index (χ0v) is 12.0. The Hall–Kier alpha value is -2.24. The Labute approximate surface area is 117 Å². The van der Waals surface area contributed by atoms with E-state index in [-0.39, 0.29) is 0 Å². The van der Waals surface area contributed by atoms with Crippen LogP contribution in [0.5, 0.6) is 11.5 Å². The number of hydrogen-bond acceptors (Lipinski definition) is 5. The van der Waals surface area contributed by atoms with Gasteiger partial charge in [-0.1, -0.05) is 0 Å². The fourth-order valence-corrected chi connectivity index (χ4v) is 2.04. The number of hydrazone groups is 1. The maximum Gasteiger partial charge on any atom is 0.427 e. The van der Waals surface area contributed by atoms with E-state index in [1.807, 2.05) is 32.0 Å². The number of ether oxygens (including phenoxy) is 3. The van der Waals surface area contributed by atoms with Crippen molar-refractivity contribution in [3.8, 4) is 11.5 Å². The zero-order valence-electron chi connectivity index (χ0n) is 12.0. The van der Waals surface area contributed by atoms with Crippen molar-refractivity contribution < 1.29 is 19.0 Å². The SMILES string of the molecule is COC(=O)N/N=C1\CC(C)(C)Oc2cc(OC)ccc21. The average molecular weight is 278 g/mol. The number of carbonyl (C=O) groups is 1. The second-order valence-corrected chi connectivity index (χ2v) is 5.06. The van der Waals surface area contributed by atoms with Crippen LogP contribution in [0, 0.1) is 0 Å². The Bertz CT molecular complexity index is 552. The summed E-state index contributed by atoms with van der Waals surface area (Å²) < 4.78 is 15.6. The molecule has 1 aliphatic rings. The van der Waals surface area contributed by atoms with Gasteiger partial charge < -0.3 is 14.2 Å². The van der Waals surface area contributed by atoms with Gasteiger partial charge in [0, 0.05) is 18.1 Å². The van der Waals surface area contributed by atoms with E-state index in [1.165, 1.54) is 7.11 Å². The number of benzene rings is 1. The standard InChI is InChI=1S/C14H18N2O4/c1-14(2)8-11(15-16-13(17)19-4)10-6-5-9(18-3)7-12(10)20-14/h5-7H,8H2,1-4H3,(H,16,17)/b15-11+. The van der Waals surface area contributed by atoms with Crippen LogP contribution in [0.25, 0.3) is 0 Å². The van der Waals surface area contributed by atoms with Gasteiger partial charge in [0.05, 0.1) is 19.9 Å². The van der Waals surface area contributed by atoms with Gasteiger partial charge in [0.2, 0.25) is 0 Å². The number of carbonyl (C=O) groups excluding carboxylic acids is 1. The number of hydrogen-bond donors (Lipinski definition) is 1. The summed E-state index contributed by atoms with van der Waals surface area (Å²) in [4.78, 5) is 11.1. The van der Waals surface area contributed by atoms with Crippen LogP contribution in [0.3, 0.4) is 0 Å². The molecule has 0 radical (unpaired) electrons. The second kappa shape index (κ2) is 5.40. The minimum absolute atomic E-state index is 0.407. The lowest BCUT2D eigenvalue weighted by Crippen LogP contribution is -2.37. The third-order valence-corrected chi connectivity index (χ3v) is 2.95. The molecule has 1 aromatic carbocycles. The number of fused-ring (bicyclic) bond motifs is 1. The Morgan fingerprint density at radius 1 is 1.40 bits per heavy atom. The van der Waals surface area contributed by atoms with E-state index in [2.05, 4.69) is 15.3 Å². The molecule has 0 bridgehead atoms. The Morgan fingerprint density at radius 3 is 2.80 bits per heavy atom. The van der Waals surface area contributed by atoms with E-state index in [0.29, 0.717) is 17.9 Å². The summed E-state index contributed by atoms with van der Waals surface area (Å²) in [6.45, 7) is 3.92. The Morgan fingerprint density at radius 2 is 2.15 bits per heavy atom. The summed E-state index contributed by atoms with van der Waals surface area (Å²) in [6.07, 6.45) is -0.0204. The van der Waals surface area contributed by atoms with Gasteiger partial charge in [-0.15, -0.1) is 0 Å². The average Bonchev–Trinajstić information content (AvgIpc) is 2.42. The number of amides is 1. The monoisotopic (exact) mass is 278 g/mol. The molecule has 0 saturated carbocycles. The molecule has 2 rings (SSSR count). The number of methoxy groups -OCH3 is 2. The van der Waals surface area contributed by atoms with Gasteiger partial charge in [-0.05, 0) is 26.0 Å². The number of nitrogens with one attached hydrogen (secondary N) is 1. The van der Waals surface area contributed by atoms with Crippen LogP contribution in [0.4, 0.5) is 4.79 Å². The molecule has 6 nitrogen and oxygen atoms in total. The predicted octanol–water partition coefficient (Wildman–Crippen LogP) is 2.32. The molecular weight excluding hydrogens is 260 g/mol. The Balaban J connectivity index is 2.37. The number of rotatable bonds is 2. The second-order valence-electron chi connectivity index (χ2n) is 5.06. The van der Waals surface area contributed by atoms with Gasteiger partial charge in [-0.3, -0.25) is 0 Å². The lowest BCUT2D eigenvalue weighted by Gasteiger charge is -2.33. The van der Waals surface area contributed by atoms with Crippen LogP contribution in [0.1, 0.15) is 25.8 Å². The molecular formula is C14H18N2O4. The predicted molar refractivity (Wildman–Crippen MR) is 74.4 cm³/mol. The molecule has 0 aliphatic carbocycles. The van der Waals surface area contributed by atoms with Crippen LogP contribution < -0.4 is 14.9 Å². The number of nitrogens with zero attached hydrogens (tertiary/aromatic N) is 1. The molecule has 20 heavy (non-hydrogen) atoms. The van der Waals surface area contributed by atoms with Gasteiger partial charge in [-0.25, -0.2) is 10.2 Å². The smallest absolute Gasteiger partial charge is 0.427 e. The molecule has 0 aromatic heterocycles. The van der Waals surface area contributed by atoms with Gasteiger partial charge in [0.1, 0.15) is 17.1 Å². The highest BCUT2D eigenvalue weighted by Crippen LogP contribution is 2.35. The molecule has 1 amide bonds. The van der Waals surface area contributed by atoms with E-state index >= 15 is 0 Å². The van der Waals surface area contributed by atoms with Crippen molar-refractivity contribution in [3.63, 3.8) is 0 Å². The summed E-state index contributed by atoms with van der Waals surface area (Å²) in [5.74, 6) is 1.40. The minimum atomic E-state index is -0.600. The largest absolute Gasteiger partial charge is 0.497 e. The lowest BCUT2D eigenvalue weighted by atomic mass is 9.92. The van der Waals surface area contributed by atoms with Gasteiger partial charge in [-0.2, -0.15) is 5.10 Å². The highest BCUT2D eigenvalue weighted by atomic mass is 16.5. The van der Waals surface area contributed by atoms with Crippen molar-refractivity contribution in [1.29, 1.82) is 0 Å². The summed E-state index contributed by atoms with van der Waals surface area (Å²) in [7, 11) is 2.89. The zero-order chi connectivity index (χ0) is 14.8. The van der Waals surface area contributed by atoms with Crippen LogP contribution in [-0.4, -0.2) is 31.6 Å². The van der Waals surface area contributed by atoms with Crippen molar-refractivity contribution >= 4 is 11.8 Å². The first-order chi connectivity index (χ1) is 9.45. The lowest BCUT2D eigenvalue weighted by molar-refractivity contribution is 0.110. The first kappa shape index (κ1) is 14.2. The summed E-state index contributed by atoms with van der Waals surface area (Å²) in [6, 6.07) is 5.50. The van der Waals surface area contributed by atoms with Crippen LogP contribution in [0.2, 0.25) is 0 Å². The van der Waals surface area contributed by atoms with E-state index < -0.39 is 11.7 Å². The van der Waals surface area contributed by atoms with E-state index in [1.54, 1.807) is 7.11 Å². The minimum Gasteiger partial charge on any atom is -0.497 e. The highest BCUT2D eigenvalue weighted by Gasteiger charge is 2.31. The molecule has 0 unspecified atom stereocenters. The molecule has 1 heterocycles. The summed E-state index contributed by atoms with van der Waals surface area (Å²) in [5, 5.41) is 4.12. The quantitative estimate of drug-likeness (QED) is 0.843. The normalized spacial score (nSPS) is 17.9. The van der Waals surface area contributed by atoms with Crippen LogP contribution in [-0.2, 0) is 4.74 Å².